The van der Waals surface area contributed by atoms with Gasteiger partial charge in [0.25, 0.3) is 0 Å². The molecule has 0 N–H and O–H groups in total. The van der Waals surface area contributed by atoms with Gasteiger partial charge in [-0.2, -0.15) is 5.26 Å². The molecule has 0 aliphatic heterocycles. The fourth-order valence-electron chi connectivity index (χ4n) is 3.38. The molecule has 1 aliphatic rings. The van der Waals surface area contributed by atoms with E-state index in [1.807, 2.05) is 30.5 Å². The number of nitrogens with zero attached hydrogens (tertiary/aromatic N) is 3. The first-order valence-corrected chi connectivity index (χ1v) is 8.15. The van der Waals surface area contributed by atoms with E-state index in [1.165, 1.54) is 11.3 Å². The van der Waals surface area contributed by atoms with Gasteiger partial charge < -0.3 is 4.42 Å². The first kappa shape index (κ1) is 14.6. The Morgan fingerprint density at radius 3 is 3.00 bits per heavy atom. The Morgan fingerprint density at radius 2 is 2.17 bits per heavy atom. The van der Waals surface area contributed by atoms with Crippen molar-refractivity contribution in [3.05, 3.63) is 70.9 Å². The quantitative estimate of drug-likeness (QED) is 0.711. The molecule has 0 spiro atoms. The number of oxazole rings is 1. The van der Waals surface area contributed by atoms with Crippen LogP contribution in [0.1, 0.15) is 40.6 Å². The minimum absolute atomic E-state index is 0.391. The van der Waals surface area contributed by atoms with E-state index in [0.29, 0.717) is 17.4 Å². The zero-order valence-corrected chi connectivity index (χ0v) is 13.5. The summed E-state index contributed by atoms with van der Waals surface area (Å²) in [5.74, 6) is 1.97. The van der Waals surface area contributed by atoms with Crippen molar-refractivity contribution >= 4 is 0 Å². The molecule has 2 heterocycles. The Morgan fingerprint density at radius 1 is 1.25 bits per heavy atom. The minimum atomic E-state index is 0.391. The van der Waals surface area contributed by atoms with Crippen LogP contribution in [0.3, 0.4) is 0 Å². The lowest BCUT2D eigenvalue weighted by Crippen LogP contribution is -2.14. The van der Waals surface area contributed by atoms with Crippen molar-refractivity contribution in [1.29, 1.82) is 5.26 Å². The molecule has 4 heteroatoms. The summed E-state index contributed by atoms with van der Waals surface area (Å²) < 4.78 is 5.97. The van der Waals surface area contributed by atoms with Crippen molar-refractivity contribution in [2.75, 3.05) is 0 Å². The van der Waals surface area contributed by atoms with Crippen molar-refractivity contribution in [1.82, 2.24) is 9.97 Å². The summed E-state index contributed by atoms with van der Waals surface area (Å²) in [5.41, 5.74) is 4.89. The van der Waals surface area contributed by atoms with Gasteiger partial charge in [-0.05, 0) is 43.2 Å². The molecule has 4 nitrogen and oxygen atoms in total. The van der Waals surface area contributed by atoms with Crippen LogP contribution in [-0.4, -0.2) is 9.97 Å². The van der Waals surface area contributed by atoms with Gasteiger partial charge in [0.1, 0.15) is 5.76 Å². The summed E-state index contributed by atoms with van der Waals surface area (Å²) >= 11 is 0. The van der Waals surface area contributed by atoms with Gasteiger partial charge in [-0.1, -0.05) is 12.1 Å². The summed E-state index contributed by atoms with van der Waals surface area (Å²) in [5, 5.41) is 9.05. The first-order chi connectivity index (χ1) is 11.7. The second-order valence-electron chi connectivity index (χ2n) is 6.23. The summed E-state index contributed by atoms with van der Waals surface area (Å²) in [6, 6.07) is 13.6. The van der Waals surface area contributed by atoms with Crippen molar-refractivity contribution in [3.8, 4) is 17.5 Å². The molecule has 1 aromatic carbocycles. The number of nitriles is 1. The highest BCUT2D eigenvalue weighted by molar-refractivity contribution is 5.57. The molecule has 0 bridgehead atoms. The summed E-state index contributed by atoms with van der Waals surface area (Å²) in [7, 11) is 0. The fraction of sp³-hybridized carbons (Fsp3) is 0.250. The van der Waals surface area contributed by atoms with Crippen LogP contribution < -0.4 is 0 Å². The van der Waals surface area contributed by atoms with E-state index in [-0.39, 0.29) is 0 Å². The van der Waals surface area contributed by atoms with Gasteiger partial charge in [0.2, 0.25) is 5.89 Å². The lowest BCUT2D eigenvalue weighted by Gasteiger charge is -2.21. The van der Waals surface area contributed by atoms with Crippen molar-refractivity contribution < 1.29 is 4.42 Å². The highest BCUT2D eigenvalue weighted by atomic mass is 16.4. The predicted molar refractivity (Wildman–Crippen MR) is 90.4 cm³/mol. The summed E-state index contributed by atoms with van der Waals surface area (Å²) in [4.78, 5) is 9.27. The molecule has 0 saturated carbocycles. The molecule has 0 amide bonds. The first-order valence-electron chi connectivity index (χ1n) is 8.15. The van der Waals surface area contributed by atoms with Crippen LogP contribution in [0, 0.1) is 18.3 Å². The molecule has 118 valence electrons. The van der Waals surface area contributed by atoms with Crippen LogP contribution in [0.25, 0.3) is 11.5 Å². The molecular formula is C20H17N3O. The predicted octanol–water partition coefficient (Wildman–Crippen LogP) is 4.19. The van der Waals surface area contributed by atoms with Crippen LogP contribution >= 0.6 is 0 Å². The smallest absolute Gasteiger partial charge is 0.226 e. The van der Waals surface area contributed by atoms with E-state index in [2.05, 4.69) is 24.0 Å². The Bertz CT molecular complexity index is 936. The van der Waals surface area contributed by atoms with Gasteiger partial charge >= 0.3 is 0 Å². The Labute approximate surface area is 140 Å². The van der Waals surface area contributed by atoms with E-state index >= 15 is 0 Å². The maximum absolute atomic E-state index is 9.05. The van der Waals surface area contributed by atoms with Gasteiger partial charge in [-0.15, -0.1) is 0 Å². The number of fused-ring (bicyclic) bond motifs is 1. The monoisotopic (exact) mass is 315 g/mol. The Kier molecular flexibility index (Phi) is 3.62. The lowest BCUT2D eigenvalue weighted by molar-refractivity contribution is 0.460. The molecule has 2 aromatic heterocycles. The number of hydrogen-bond donors (Lipinski definition) is 0. The van der Waals surface area contributed by atoms with Gasteiger partial charge in [0, 0.05) is 36.2 Å². The molecular weight excluding hydrogens is 298 g/mol. The van der Waals surface area contributed by atoms with Crippen LogP contribution in [-0.2, 0) is 12.8 Å². The zero-order chi connectivity index (χ0) is 16.5. The molecule has 1 atom stereocenters. The highest BCUT2D eigenvalue weighted by Gasteiger charge is 2.27. The van der Waals surface area contributed by atoms with Gasteiger partial charge in [0.05, 0.1) is 17.3 Å². The normalized spacial score (nSPS) is 16.4. The highest BCUT2D eigenvalue weighted by Crippen LogP contribution is 2.35. The summed E-state index contributed by atoms with van der Waals surface area (Å²) in [6.45, 7) is 2.11. The molecule has 3 aromatic rings. The van der Waals surface area contributed by atoms with Crippen molar-refractivity contribution in [3.63, 3.8) is 0 Å². The number of pyridine rings is 1. The largest absolute Gasteiger partial charge is 0.441 e. The third kappa shape index (κ3) is 2.59. The van der Waals surface area contributed by atoms with Gasteiger partial charge in [-0.3, -0.25) is 4.98 Å². The van der Waals surface area contributed by atoms with Gasteiger partial charge in [0.15, 0.2) is 0 Å². The molecule has 0 saturated heterocycles. The van der Waals surface area contributed by atoms with E-state index in [0.717, 1.165) is 36.3 Å². The maximum Gasteiger partial charge on any atom is 0.226 e. The number of rotatable bonds is 2. The zero-order valence-electron chi connectivity index (χ0n) is 13.5. The standard InChI is InChI=1S/C20H17N3O/c1-13-4-3-9-22-19(13)15-7-8-18-17(11-15)23-20(24-18)16-6-2-5-14(10-16)12-21/h2-6,9-10,15H,7-8,11H2,1H3. The molecule has 1 unspecified atom stereocenters. The maximum atomic E-state index is 9.05. The average molecular weight is 315 g/mol. The van der Waals surface area contributed by atoms with Gasteiger partial charge in [-0.25, -0.2) is 4.98 Å². The molecule has 24 heavy (non-hydrogen) atoms. The van der Waals surface area contributed by atoms with Crippen molar-refractivity contribution in [2.45, 2.75) is 32.1 Å². The molecule has 0 fully saturated rings. The molecule has 1 aliphatic carbocycles. The second kappa shape index (κ2) is 5.93. The number of aryl methyl sites for hydroxylation is 2. The van der Waals surface area contributed by atoms with Crippen LogP contribution in [0.2, 0.25) is 0 Å². The van der Waals surface area contributed by atoms with Crippen LogP contribution in [0.15, 0.2) is 47.0 Å². The fourth-order valence-corrected chi connectivity index (χ4v) is 3.38. The minimum Gasteiger partial charge on any atom is -0.441 e. The number of benzene rings is 1. The van der Waals surface area contributed by atoms with Crippen molar-refractivity contribution in [2.24, 2.45) is 0 Å². The Balaban J connectivity index is 1.65. The van der Waals surface area contributed by atoms with E-state index in [1.54, 1.807) is 6.07 Å². The number of hydrogen-bond acceptors (Lipinski definition) is 4. The third-order valence-corrected chi connectivity index (χ3v) is 4.61. The SMILES string of the molecule is Cc1cccnc1C1CCc2oc(-c3cccc(C#N)c3)nc2C1. The Hall–Kier alpha value is -2.93. The molecule has 0 radical (unpaired) electrons. The average Bonchev–Trinajstić information content (AvgIpc) is 3.05. The lowest BCUT2D eigenvalue weighted by atomic mass is 9.86. The van der Waals surface area contributed by atoms with Crippen LogP contribution in [0.5, 0.6) is 0 Å². The third-order valence-electron chi connectivity index (χ3n) is 4.61. The molecule has 4 rings (SSSR count). The summed E-state index contributed by atoms with van der Waals surface area (Å²) in [6.07, 6.45) is 4.62. The number of aromatic nitrogens is 2. The second-order valence-corrected chi connectivity index (χ2v) is 6.23. The van der Waals surface area contributed by atoms with E-state index in [9.17, 15) is 0 Å². The van der Waals surface area contributed by atoms with E-state index in [4.69, 9.17) is 14.7 Å². The topological polar surface area (TPSA) is 62.7 Å². The van der Waals surface area contributed by atoms with E-state index < -0.39 is 0 Å². The van der Waals surface area contributed by atoms with Crippen LogP contribution in [0.4, 0.5) is 0 Å².